The summed E-state index contributed by atoms with van der Waals surface area (Å²) in [6.07, 6.45) is 5.67. The normalized spacial score (nSPS) is 26.8. The van der Waals surface area contributed by atoms with E-state index in [2.05, 4.69) is 0 Å². The van der Waals surface area contributed by atoms with E-state index < -0.39 is 11.9 Å². The summed E-state index contributed by atoms with van der Waals surface area (Å²) in [6.45, 7) is 0.310. The maximum absolute atomic E-state index is 10.7. The molecule has 3 nitrogen and oxygen atoms in total. The lowest BCUT2D eigenvalue weighted by Gasteiger charge is -2.08. The van der Waals surface area contributed by atoms with E-state index in [4.69, 9.17) is 9.84 Å². The van der Waals surface area contributed by atoms with Crippen molar-refractivity contribution >= 4 is 5.97 Å². The number of rotatable bonds is 1. The molecule has 0 radical (unpaired) electrons. The fourth-order valence-corrected chi connectivity index (χ4v) is 1.64. The highest BCUT2D eigenvalue weighted by atomic mass is 16.5. The Hall–Kier alpha value is -1.25. The van der Waals surface area contributed by atoms with Crippen LogP contribution >= 0.6 is 0 Å². The van der Waals surface area contributed by atoms with Gasteiger partial charge in [-0.25, -0.2) is 0 Å². The lowest BCUT2D eigenvalue weighted by atomic mass is 9.94. The molecule has 1 atom stereocenters. The molecule has 64 valence electrons. The van der Waals surface area contributed by atoms with Crippen molar-refractivity contribution < 1.29 is 14.6 Å². The maximum Gasteiger partial charge on any atom is 0.314 e. The van der Waals surface area contributed by atoms with Crippen LogP contribution in [0.5, 0.6) is 0 Å². The molecule has 3 heteroatoms. The summed E-state index contributed by atoms with van der Waals surface area (Å²) in [6, 6.07) is 0. The molecule has 0 aromatic heterocycles. The number of carboxylic acids is 1. The smallest absolute Gasteiger partial charge is 0.314 e. The Bertz CT molecular complexity index is 275. The summed E-state index contributed by atoms with van der Waals surface area (Å²) in [5, 5.41) is 8.81. The van der Waals surface area contributed by atoms with Crippen LogP contribution in [0.1, 0.15) is 12.8 Å². The third-order valence-electron chi connectivity index (χ3n) is 2.29. The van der Waals surface area contributed by atoms with Gasteiger partial charge in [0.05, 0.1) is 0 Å². The van der Waals surface area contributed by atoms with Crippen molar-refractivity contribution in [2.75, 3.05) is 6.61 Å². The molecule has 0 aromatic carbocycles. The lowest BCUT2D eigenvalue weighted by Crippen LogP contribution is -2.16. The van der Waals surface area contributed by atoms with E-state index in [1.165, 1.54) is 0 Å². The molecule has 0 fully saturated rings. The van der Waals surface area contributed by atoms with Crippen molar-refractivity contribution in [2.24, 2.45) is 5.92 Å². The van der Waals surface area contributed by atoms with Crippen molar-refractivity contribution in [2.45, 2.75) is 12.8 Å². The molecule has 1 aliphatic carbocycles. The first-order valence-electron chi connectivity index (χ1n) is 4.04. The summed E-state index contributed by atoms with van der Waals surface area (Å²) < 4.78 is 5.24. The topological polar surface area (TPSA) is 46.5 Å². The van der Waals surface area contributed by atoms with Gasteiger partial charge in [0.25, 0.3) is 0 Å². The highest BCUT2D eigenvalue weighted by Crippen LogP contribution is 2.32. The quantitative estimate of drug-likeness (QED) is 0.639. The van der Waals surface area contributed by atoms with Crippen LogP contribution in [0.4, 0.5) is 0 Å². The van der Waals surface area contributed by atoms with Crippen molar-refractivity contribution in [3.05, 3.63) is 23.5 Å². The zero-order valence-electron chi connectivity index (χ0n) is 6.62. The molecule has 1 unspecified atom stereocenters. The predicted octanol–water partition coefficient (Wildman–Crippen LogP) is 1.32. The largest absolute Gasteiger partial charge is 0.492 e. The van der Waals surface area contributed by atoms with E-state index in [1.54, 1.807) is 0 Å². The monoisotopic (exact) mass is 166 g/mol. The molecule has 12 heavy (non-hydrogen) atoms. The van der Waals surface area contributed by atoms with E-state index in [0.717, 1.165) is 24.2 Å². The van der Waals surface area contributed by atoms with Gasteiger partial charge in [0.15, 0.2) is 0 Å². The van der Waals surface area contributed by atoms with Crippen LogP contribution < -0.4 is 0 Å². The summed E-state index contributed by atoms with van der Waals surface area (Å²) in [4.78, 5) is 10.7. The number of hydrogen-bond acceptors (Lipinski definition) is 2. The molecule has 0 aromatic rings. The third-order valence-corrected chi connectivity index (χ3v) is 2.29. The Morgan fingerprint density at radius 1 is 1.67 bits per heavy atom. The van der Waals surface area contributed by atoms with Gasteiger partial charge >= 0.3 is 5.97 Å². The van der Waals surface area contributed by atoms with Crippen LogP contribution in [0.15, 0.2) is 23.5 Å². The molecule has 2 rings (SSSR count). The minimum Gasteiger partial charge on any atom is -0.492 e. The van der Waals surface area contributed by atoms with E-state index in [0.29, 0.717) is 6.61 Å². The Morgan fingerprint density at radius 2 is 2.50 bits per heavy atom. The van der Waals surface area contributed by atoms with Crippen molar-refractivity contribution in [1.29, 1.82) is 0 Å². The fraction of sp³-hybridized carbons (Fsp3) is 0.444. The molecule has 1 heterocycles. The van der Waals surface area contributed by atoms with Gasteiger partial charge in [0.2, 0.25) is 0 Å². The Labute approximate surface area is 70.3 Å². The van der Waals surface area contributed by atoms with Crippen LogP contribution in [0, 0.1) is 5.92 Å². The number of carboxylic acid groups (broad SMARTS) is 1. The molecule has 0 saturated heterocycles. The second-order valence-electron chi connectivity index (χ2n) is 3.03. The first-order valence-corrected chi connectivity index (χ1v) is 4.04. The maximum atomic E-state index is 10.7. The van der Waals surface area contributed by atoms with Crippen LogP contribution in [-0.4, -0.2) is 17.7 Å². The average Bonchev–Trinajstić information content (AvgIpc) is 2.47. The first kappa shape index (κ1) is 7.40. The van der Waals surface area contributed by atoms with E-state index in [9.17, 15) is 4.79 Å². The van der Waals surface area contributed by atoms with Gasteiger partial charge in [-0.15, -0.1) is 0 Å². The van der Waals surface area contributed by atoms with Crippen molar-refractivity contribution in [1.82, 2.24) is 0 Å². The van der Waals surface area contributed by atoms with Crippen LogP contribution in [0.2, 0.25) is 0 Å². The van der Waals surface area contributed by atoms with E-state index >= 15 is 0 Å². The van der Waals surface area contributed by atoms with Gasteiger partial charge in [-0.3, -0.25) is 4.79 Å². The van der Waals surface area contributed by atoms with Gasteiger partial charge < -0.3 is 9.84 Å². The Balaban J connectivity index is 2.27. The summed E-state index contributed by atoms with van der Waals surface area (Å²) in [7, 11) is 0. The van der Waals surface area contributed by atoms with Crippen molar-refractivity contribution in [3.8, 4) is 0 Å². The third kappa shape index (κ3) is 1.02. The van der Waals surface area contributed by atoms with Gasteiger partial charge in [-0.2, -0.15) is 0 Å². The number of carbonyl (C=O) groups is 1. The molecule has 1 N–H and O–H groups in total. The molecule has 1 aliphatic heterocycles. The van der Waals surface area contributed by atoms with Gasteiger partial charge in [0.1, 0.15) is 18.3 Å². The molecule has 0 saturated carbocycles. The molecular weight excluding hydrogens is 156 g/mol. The van der Waals surface area contributed by atoms with Gasteiger partial charge in [-0.05, 0) is 24.5 Å². The molecule has 0 amide bonds. The predicted molar refractivity (Wildman–Crippen MR) is 42.5 cm³/mol. The lowest BCUT2D eigenvalue weighted by molar-refractivity contribution is -0.140. The first-order chi connectivity index (χ1) is 5.79. The van der Waals surface area contributed by atoms with Crippen molar-refractivity contribution in [3.63, 3.8) is 0 Å². The number of hydrogen-bond donors (Lipinski definition) is 1. The highest BCUT2D eigenvalue weighted by Gasteiger charge is 2.32. The van der Waals surface area contributed by atoms with Crippen LogP contribution in [-0.2, 0) is 9.53 Å². The average molecular weight is 166 g/mol. The minimum atomic E-state index is -0.768. The zero-order chi connectivity index (χ0) is 8.55. The summed E-state index contributed by atoms with van der Waals surface area (Å²) >= 11 is 0. The minimum absolute atomic E-state index is 0.310. The number of ether oxygens (including phenoxy) is 1. The number of aliphatic carboxylic acids is 1. The number of allylic oxidation sites excluding steroid dienone is 2. The van der Waals surface area contributed by atoms with E-state index in [1.807, 2.05) is 12.2 Å². The Morgan fingerprint density at radius 3 is 3.25 bits per heavy atom. The molecule has 2 aliphatic rings. The van der Waals surface area contributed by atoms with Crippen LogP contribution in [0.25, 0.3) is 0 Å². The molecule has 0 spiro atoms. The SMILES string of the molecule is O=C(O)C1COC2=C1CCC=C2. The summed E-state index contributed by atoms with van der Waals surface area (Å²) in [5.41, 5.74) is 0.963. The highest BCUT2D eigenvalue weighted by molar-refractivity contribution is 5.75. The van der Waals surface area contributed by atoms with Crippen LogP contribution in [0.3, 0.4) is 0 Å². The van der Waals surface area contributed by atoms with Gasteiger partial charge in [-0.1, -0.05) is 6.08 Å². The van der Waals surface area contributed by atoms with E-state index in [-0.39, 0.29) is 0 Å². The summed E-state index contributed by atoms with van der Waals surface area (Å²) in [5.74, 6) is -0.381. The standard InChI is InChI=1S/C9H10O3/c10-9(11)7-5-12-8-4-2-1-3-6(7)8/h2,4,7H,1,3,5H2,(H,10,11). The Kier molecular flexibility index (Phi) is 1.64. The fourth-order valence-electron chi connectivity index (χ4n) is 1.64. The second kappa shape index (κ2) is 2.66. The van der Waals surface area contributed by atoms with Gasteiger partial charge in [0, 0.05) is 0 Å². The molecular formula is C9H10O3. The zero-order valence-corrected chi connectivity index (χ0v) is 6.62. The second-order valence-corrected chi connectivity index (χ2v) is 3.03. The molecule has 0 bridgehead atoms.